The Morgan fingerprint density at radius 1 is 1.33 bits per heavy atom. The molecule has 21 heavy (non-hydrogen) atoms. The van der Waals surface area contributed by atoms with Gasteiger partial charge in [-0.3, -0.25) is 0 Å². The quantitative estimate of drug-likeness (QED) is 0.739. The van der Waals surface area contributed by atoms with E-state index in [4.69, 9.17) is 28.9 Å². The van der Waals surface area contributed by atoms with Gasteiger partial charge in [0.1, 0.15) is 4.90 Å². The molecular weight excluding hydrogens is 335 g/mol. The Morgan fingerprint density at radius 3 is 2.71 bits per heavy atom. The molecule has 0 aliphatic heterocycles. The summed E-state index contributed by atoms with van der Waals surface area (Å²) in [5.41, 5.74) is 6.78. The first-order valence-electron chi connectivity index (χ1n) is 6.09. The first-order valence-corrected chi connectivity index (χ1v) is 8.33. The van der Waals surface area contributed by atoms with Gasteiger partial charge in [-0.1, -0.05) is 23.2 Å². The predicted octanol–water partition coefficient (Wildman–Crippen LogP) is 1.70. The molecule has 4 N–H and O–H groups in total. The minimum atomic E-state index is -3.72. The second-order valence-corrected chi connectivity index (χ2v) is 6.79. The molecule has 0 unspecified atom stereocenters. The Hall–Kier alpha value is -1.12. The van der Waals surface area contributed by atoms with Gasteiger partial charge < -0.3 is 10.7 Å². The van der Waals surface area contributed by atoms with Crippen LogP contribution in [0.15, 0.2) is 29.6 Å². The van der Waals surface area contributed by atoms with E-state index in [-0.39, 0.29) is 23.0 Å². The molecule has 0 saturated heterocycles. The SMILES string of the molecule is NCc1c(Cl)ccc(S(=O)(=O)NCCc2cnc[nH]2)c1Cl. The average molecular weight is 349 g/mol. The molecule has 0 aliphatic carbocycles. The number of H-pyrrole nitrogens is 1. The van der Waals surface area contributed by atoms with E-state index >= 15 is 0 Å². The maximum absolute atomic E-state index is 12.3. The highest BCUT2D eigenvalue weighted by atomic mass is 35.5. The monoisotopic (exact) mass is 348 g/mol. The van der Waals surface area contributed by atoms with Gasteiger partial charge in [0.2, 0.25) is 10.0 Å². The molecule has 1 heterocycles. The highest BCUT2D eigenvalue weighted by Gasteiger charge is 2.20. The minimum absolute atomic E-state index is 0.0290. The Labute approximate surface area is 132 Å². The molecule has 1 aromatic heterocycles. The van der Waals surface area contributed by atoms with Gasteiger partial charge in [0.25, 0.3) is 0 Å². The smallest absolute Gasteiger partial charge is 0.242 e. The second kappa shape index (κ2) is 6.76. The Bertz CT molecular complexity index is 717. The first kappa shape index (κ1) is 16.3. The number of aromatic nitrogens is 2. The number of nitrogens with two attached hydrogens (primary N) is 1. The third-order valence-electron chi connectivity index (χ3n) is 2.89. The molecule has 6 nitrogen and oxygen atoms in total. The van der Waals surface area contributed by atoms with Crippen LogP contribution in [0.3, 0.4) is 0 Å². The van der Waals surface area contributed by atoms with Crippen LogP contribution in [0.25, 0.3) is 0 Å². The Morgan fingerprint density at radius 2 is 2.10 bits per heavy atom. The summed E-state index contributed by atoms with van der Waals surface area (Å²) < 4.78 is 27.0. The summed E-state index contributed by atoms with van der Waals surface area (Å²) in [5, 5.41) is 0.401. The number of nitrogens with zero attached hydrogens (tertiary/aromatic N) is 1. The number of aromatic amines is 1. The van der Waals surface area contributed by atoms with Crippen LogP contribution in [-0.4, -0.2) is 24.9 Å². The van der Waals surface area contributed by atoms with Crippen molar-refractivity contribution in [2.45, 2.75) is 17.9 Å². The molecule has 2 aromatic rings. The van der Waals surface area contributed by atoms with Crippen molar-refractivity contribution in [3.05, 3.63) is 46.0 Å². The fraction of sp³-hybridized carbons (Fsp3) is 0.250. The van der Waals surface area contributed by atoms with Gasteiger partial charge in [-0.2, -0.15) is 0 Å². The zero-order valence-corrected chi connectivity index (χ0v) is 13.3. The molecule has 9 heteroatoms. The largest absolute Gasteiger partial charge is 0.348 e. The summed E-state index contributed by atoms with van der Waals surface area (Å²) in [7, 11) is -3.72. The highest BCUT2D eigenvalue weighted by Crippen LogP contribution is 2.30. The summed E-state index contributed by atoms with van der Waals surface area (Å²) in [6.07, 6.45) is 3.66. The topological polar surface area (TPSA) is 101 Å². The van der Waals surface area contributed by atoms with E-state index in [1.165, 1.54) is 18.5 Å². The van der Waals surface area contributed by atoms with E-state index in [9.17, 15) is 8.42 Å². The number of imidazole rings is 1. The van der Waals surface area contributed by atoms with Crippen molar-refractivity contribution in [1.29, 1.82) is 0 Å². The molecule has 0 spiro atoms. The second-order valence-electron chi connectivity index (χ2n) is 4.27. The average Bonchev–Trinajstić information content (AvgIpc) is 2.92. The third kappa shape index (κ3) is 3.75. The van der Waals surface area contributed by atoms with Crippen LogP contribution in [0.4, 0.5) is 0 Å². The first-order chi connectivity index (χ1) is 9.95. The summed E-state index contributed by atoms with van der Waals surface area (Å²) in [6, 6.07) is 2.83. The van der Waals surface area contributed by atoms with Crippen LogP contribution in [0.1, 0.15) is 11.3 Å². The predicted molar refractivity (Wildman–Crippen MR) is 81.8 cm³/mol. The standard InChI is InChI=1S/C12H14Cl2N4O2S/c13-10-1-2-11(12(14)9(10)5-15)21(19,20)18-4-3-8-6-16-7-17-8/h1-2,6-7,18H,3-5,15H2,(H,16,17). The lowest BCUT2D eigenvalue weighted by Gasteiger charge is -2.11. The molecule has 0 aliphatic rings. The molecule has 0 radical (unpaired) electrons. The summed E-state index contributed by atoms with van der Waals surface area (Å²) in [5.74, 6) is 0. The molecule has 0 bridgehead atoms. The van der Waals surface area contributed by atoms with Gasteiger partial charge in [-0.05, 0) is 12.1 Å². The normalized spacial score (nSPS) is 11.8. The molecule has 0 amide bonds. The number of benzene rings is 1. The van der Waals surface area contributed by atoms with E-state index in [0.717, 1.165) is 5.69 Å². The van der Waals surface area contributed by atoms with Crippen LogP contribution >= 0.6 is 23.2 Å². The summed E-state index contributed by atoms with van der Waals surface area (Å²) >= 11 is 12.0. The fourth-order valence-electron chi connectivity index (χ4n) is 1.79. The number of halogens is 2. The number of hydrogen-bond donors (Lipinski definition) is 3. The lowest BCUT2D eigenvalue weighted by atomic mass is 10.2. The van der Waals surface area contributed by atoms with Gasteiger partial charge in [-0.15, -0.1) is 0 Å². The molecule has 114 valence electrons. The lowest BCUT2D eigenvalue weighted by molar-refractivity contribution is 0.581. The van der Waals surface area contributed by atoms with Crippen molar-refractivity contribution >= 4 is 33.2 Å². The number of sulfonamides is 1. The van der Waals surface area contributed by atoms with Crippen LogP contribution in [-0.2, 0) is 23.0 Å². The van der Waals surface area contributed by atoms with Crippen LogP contribution < -0.4 is 10.5 Å². The van der Waals surface area contributed by atoms with Crippen molar-refractivity contribution in [1.82, 2.24) is 14.7 Å². The number of rotatable bonds is 6. The fourth-order valence-corrected chi connectivity index (χ4v) is 3.75. The van der Waals surface area contributed by atoms with Gasteiger partial charge in [-0.25, -0.2) is 18.1 Å². The van der Waals surface area contributed by atoms with Gasteiger partial charge >= 0.3 is 0 Å². The zero-order valence-electron chi connectivity index (χ0n) is 10.9. The van der Waals surface area contributed by atoms with Crippen molar-refractivity contribution in [3.63, 3.8) is 0 Å². The van der Waals surface area contributed by atoms with Crippen LogP contribution in [0.5, 0.6) is 0 Å². The third-order valence-corrected chi connectivity index (χ3v) is 5.29. The highest BCUT2D eigenvalue weighted by molar-refractivity contribution is 7.89. The molecule has 2 rings (SSSR count). The van der Waals surface area contributed by atoms with E-state index in [0.29, 0.717) is 17.0 Å². The molecule has 0 fully saturated rings. The van der Waals surface area contributed by atoms with E-state index in [1.807, 2.05) is 0 Å². The van der Waals surface area contributed by atoms with Gasteiger partial charge in [0.05, 0.1) is 11.3 Å². The molecule has 0 saturated carbocycles. The summed E-state index contributed by atoms with van der Waals surface area (Å²) in [6.45, 7) is 0.288. The lowest BCUT2D eigenvalue weighted by Crippen LogP contribution is -2.26. The Kier molecular flexibility index (Phi) is 5.23. The number of hydrogen-bond acceptors (Lipinski definition) is 4. The zero-order chi connectivity index (χ0) is 15.5. The van der Waals surface area contributed by atoms with Crippen molar-refractivity contribution in [3.8, 4) is 0 Å². The van der Waals surface area contributed by atoms with Gasteiger partial charge in [0.15, 0.2) is 0 Å². The maximum Gasteiger partial charge on any atom is 0.242 e. The molecule has 1 aromatic carbocycles. The maximum atomic E-state index is 12.3. The van der Waals surface area contributed by atoms with Crippen LogP contribution in [0.2, 0.25) is 10.0 Å². The van der Waals surface area contributed by atoms with E-state index < -0.39 is 10.0 Å². The van der Waals surface area contributed by atoms with Crippen LogP contribution in [0, 0.1) is 0 Å². The van der Waals surface area contributed by atoms with E-state index in [1.54, 1.807) is 6.20 Å². The Balaban J connectivity index is 2.16. The number of nitrogens with one attached hydrogen (secondary N) is 2. The minimum Gasteiger partial charge on any atom is -0.348 e. The van der Waals surface area contributed by atoms with Crippen molar-refractivity contribution < 1.29 is 8.42 Å². The van der Waals surface area contributed by atoms with Crippen molar-refractivity contribution in [2.24, 2.45) is 5.73 Å². The van der Waals surface area contributed by atoms with Crippen molar-refractivity contribution in [2.75, 3.05) is 6.54 Å². The summed E-state index contributed by atoms with van der Waals surface area (Å²) in [4.78, 5) is 6.72. The van der Waals surface area contributed by atoms with Gasteiger partial charge in [0, 0.05) is 42.0 Å². The molecule has 0 atom stereocenters. The molecular formula is C12H14Cl2N4O2S. The van der Waals surface area contributed by atoms with E-state index in [2.05, 4.69) is 14.7 Å².